The van der Waals surface area contributed by atoms with Gasteiger partial charge in [0.15, 0.2) is 0 Å². The second-order valence-corrected chi connectivity index (χ2v) is 7.09. The van der Waals surface area contributed by atoms with Gasteiger partial charge < -0.3 is 19.5 Å². The van der Waals surface area contributed by atoms with Crippen LogP contribution >= 0.6 is 0 Å². The Hall–Kier alpha value is -2.53. The molecule has 1 N–H and O–H groups in total. The van der Waals surface area contributed by atoms with Crippen LogP contribution in [0.2, 0.25) is 0 Å². The molecule has 2 aliphatic rings. The normalized spacial score (nSPS) is 19.3. The molecule has 1 amide bonds. The highest BCUT2D eigenvalue weighted by Crippen LogP contribution is 2.28. The molecule has 2 fully saturated rings. The van der Waals surface area contributed by atoms with Crippen molar-refractivity contribution in [2.24, 2.45) is 0 Å². The van der Waals surface area contributed by atoms with E-state index in [0.29, 0.717) is 17.9 Å². The van der Waals surface area contributed by atoms with Crippen LogP contribution in [0.3, 0.4) is 0 Å². The summed E-state index contributed by atoms with van der Waals surface area (Å²) in [5.74, 6) is 1.26. The van der Waals surface area contributed by atoms with Crippen LogP contribution in [-0.4, -0.2) is 31.3 Å². The molecular weight excluding hydrogens is 342 g/mol. The van der Waals surface area contributed by atoms with E-state index in [-0.39, 0.29) is 18.1 Å². The largest absolute Gasteiger partial charge is 0.491 e. The zero-order valence-electron chi connectivity index (χ0n) is 15.4. The molecule has 2 aromatic rings. The number of rotatable bonds is 7. The summed E-state index contributed by atoms with van der Waals surface area (Å²) in [6, 6.07) is 14.8. The molecule has 1 aliphatic heterocycles. The Labute approximate surface area is 159 Å². The number of carbonyl (C=O) groups is 1. The molecule has 1 heterocycles. The molecule has 1 unspecified atom stereocenters. The van der Waals surface area contributed by atoms with Crippen LogP contribution in [0.15, 0.2) is 48.5 Å². The third-order valence-corrected chi connectivity index (χ3v) is 5.05. The van der Waals surface area contributed by atoms with Crippen LogP contribution in [0.5, 0.6) is 11.5 Å². The number of carbonyl (C=O) groups excluding carboxylic acids is 1. The van der Waals surface area contributed by atoms with Crippen molar-refractivity contribution in [1.29, 1.82) is 0 Å². The molecule has 27 heavy (non-hydrogen) atoms. The molecule has 5 nitrogen and oxygen atoms in total. The topological polar surface area (TPSA) is 56.8 Å². The number of benzene rings is 2. The summed E-state index contributed by atoms with van der Waals surface area (Å²) >= 11 is 0. The van der Waals surface area contributed by atoms with Gasteiger partial charge in [0.1, 0.15) is 18.1 Å². The first-order chi connectivity index (χ1) is 13.3. The zero-order valence-corrected chi connectivity index (χ0v) is 15.4. The van der Waals surface area contributed by atoms with E-state index in [1.54, 1.807) is 6.07 Å². The van der Waals surface area contributed by atoms with Crippen LogP contribution in [0.25, 0.3) is 0 Å². The quantitative estimate of drug-likeness (QED) is 0.787. The van der Waals surface area contributed by atoms with E-state index < -0.39 is 0 Å². The molecular formula is C22H25NO4. The third-order valence-electron chi connectivity index (χ3n) is 5.05. The van der Waals surface area contributed by atoms with Crippen LogP contribution < -0.4 is 14.8 Å². The second-order valence-electron chi connectivity index (χ2n) is 7.09. The number of ether oxygens (including phenoxy) is 3. The molecule has 5 heteroatoms. The first-order valence-corrected chi connectivity index (χ1v) is 9.69. The number of hydrogen-bond acceptors (Lipinski definition) is 4. The van der Waals surface area contributed by atoms with Crippen molar-refractivity contribution in [3.8, 4) is 11.5 Å². The average molecular weight is 367 g/mol. The average Bonchev–Trinajstić information content (AvgIpc) is 3.18. The maximum atomic E-state index is 12.7. The Bertz CT molecular complexity index is 764. The Morgan fingerprint density at radius 3 is 2.56 bits per heavy atom. The minimum absolute atomic E-state index is 0.169. The maximum absolute atomic E-state index is 12.7. The monoisotopic (exact) mass is 367 g/mol. The predicted octanol–water partition coefficient (Wildman–Crippen LogP) is 4.43. The van der Waals surface area contributed by atoms with Gasteiger partial charge in [0.25, 0.3) is 5.91 Å². The highest BCUT2D eigenvalue weighted by Gasteiger charge is 2.22. The van der Waals surface area contributed by atoms with Gasteiger partial charge in [-0.2, -0.15) is 0 Å². The van der Waals surface area contributed by atoms with Gasteiger partial charge in [0.05, 0.1) is 17.8 Å². The van der Waals surface area contributed by atoms with Gasteiger partial charge in [-0.05, 0) is 68.5 Å². The molecule has 1 atom stereocenters. The first-order valence-electron chi connectivity index (χ1n) is 9.69. The smallest absolute Gasteiger partial charge is 0.259 e. The lowest BCUT2D eigenvalue weighted by Gasteiger charge is -2.27. The molecule has 142 valence electrons. The van der Waals surface area contributed by atoms with Crippen LogP contribution in [0.1, 0.15) is 42.5 Å². The summed E-state index contributed by atoms with van der Waals surface area (Å²) in [5.41, 5.74) is 1.28. The standard InChI is InChI=1S/C22H25NO4/c24-22(20-8-1-2-9-21(20)27-18-5-3-6-18)23-16-10-12-17(13-11-16)26-15-19-7-4-14-25-19/h1-2,8-13,18-19H,3-7,14-15H2,(H,23,24). The third kappa shape index (κ3) is 4.61. The van der Waals surface area contributed by atoms with Crippen molar-refractivity contribution < 1.29 is 19.0 Å². The van der Waals surface area contributed by atoms with Gasteiger partial charge in [0, 0.05) is 12.3 Å². The van der Waals surface area contributed by atoms with Gasteiger partial charge in [-0.3, -0.25) is 4.79 Å². The molecule has 1 saturated heterocycles. The van der Waals surface area contributed by atoms with Gasteiger partial charge in [-0.1, -0.05) is 12.1 Å². The minimum atomic E-state index is -0.169. The number of amides is 1. The van der Waals surface area contributed by atoms with Crippen LogP contribution in [0, 0.1) is 0 Å². The van der Waals surface area contributed by atoms with E-state index in [1.165, 1.54) is 6.42 Å². The van der Waals surface area contributed by atoms with Crippen LogP contribution in [-0.2, 0) is 4.74 Å². The van der Waals surface area contributed by atoms with Crippen molar-refractivity contribution in [3.05, 3.63) is 54.1 Å². The van der Waals surface area contributed by atoms with Gasteiger partial charge in [-0.25, -0.2) is 0 Å². The molecule has 2 aromatic carbocycles. The van der Waals surface area contributed by atoms with Gasteiger partial charge >= 0.3 is 0 Å². The van der Waals surface area contributed by atoms with Gasteiger partial charge in [0.2, 0.25) is 0 Å². The highest BCUT2D eigenvalue weighted by atomic mass is 16.5. The van der Waals surface area contributed by atoms with Gasteiger partial charge in [-0.15, -0.1) is 0 Å². The summed E-state index contributed by atoms with van der Waals surface area (Å²) in [6.45, 7) is 1.39. The van der Waals surface area contributed by atoms with E-state index in [1.807, 2.05) is 42.5 Å². The van der Waals surface area contributed by atoms with Crippen molar-refractivity contribution >= 4 is 11.6 Å². The lowest BCUT2D eigenvalue weighted by atomic mass is 9.96. The lowest BCUT2D eigenvalue weighted by Crippen LogP contribution is -2.26. The predicted molar refractivity (Wildman–Crippen MR) is 104 cm³/mol. The Kier molecular flexibility index (Phi) is 5.58. The molecule has 1 aliphatic carbocycles. The fourth-order valence-corrected chi connectivity index (χ4v) is 3.22. The summed E-state index contributed by atoms with van der Waals surface area (Å²) in [7, 11) is 0. The minimum Gasteiger partial charge on any atom is -0.491 e. The number of nitrogens with one attached hydrogen (secondary N) is 1. The molecule has 0 radical (unpaired) electrons. The van der Waals surface area contributed by atoms with E-state index in [9.17, 15) is 4.79 Å². The Balaban J connectivity index is 1.35. The van der Waals surface area contributed by atoms with Crippen molar-refractivity contribution in [2.45, 2.75) is 44.3 Å². The van der Waals surface area contributed by atoms with E-state index in [0.717, 1.165) is 43.7 Å². The van der Waals surface area contributed by atoms with E-state index >= 15 is 0 Å². The van der Waals surface area contributed by atoms with Crippen LogP contribution in [0.4, 0.5) is 5.69 Å². The Morgan fingerprint density at radius 2 is 1.85 bits per heavy atom. The van der Waals surface area contributed by atoms with Crippen molar-refractivity contribution in [1.82, 2.24) is 0 Å². The summed E-state index contributed by atoms with van der Waals surface area (Å²) in [6.07, 6.45) is 5.89. The van der Waals surface area contributed by atoms with Crippen molar-refractivity contribution in [3.63, 3.8) is 0 Å². The summed E-state index contributed by atoms with van der Waals surface area (Å²) in [4.78, 5) is 12.7. The van der Waals surface area contributed by atoms with E-state index in [4.69, 9.17) is 14.2 Å². The number of para-hydroxylation sites is 1. The number of hydrogen-bond donors (Lipinski definition) is 1. The highest BCUT2D eigenvalue weighted by molar-refractivity contribution is 6.06. The molecule has 0 spiro atoms. The van der Waals surface area contributed by atoms with Crippen molar-refractivity contribution in [2.75, 3.05) is 18.5 Å². The number of anilines is 1. The fraction of sp³-hybridized carbons (Fsp3) is 0.409. The van der Waals surface area contributed by atoms with E-state index in [2.05, 4.69) is 5.32 Å². The fourth-order valence-electron chi connectivity index (χ4n) is 3.22. The molecule has 0 aromatic heterocycles. The molecule has 1 saturated carbocycles. The second kappa shape index (κ2) is 8.44. The SMILES string of the molecule is O=C(Nc1ccc(OCC2CCCO2)cc1)c1ccccc1OC1CCC1. The zero-order chi connectivity index (χ0) is 18.5. The molecule has 4 rings (SSSR count). The maximum Gasteiger partial charge on any atom is 0.259 e. The lowest BCUT2D eigenvalue weighted by molar-refractivity contribution is 0.0679. The first kappa shape index (κ1) is 17.9. The summed E-state index contributed by atoms with van der Waals surface area (Å²) in [5, 5.41) is 2.93. The Morgan fingerprint density at radius 1 is 1.04 bits per heavy atom. The summed E-state index contributed by atoms with van der Waals surface area (Å²) < 4.78 is 17.3. The molecule has 0 bridgehead atoms.